The summed E-state index contributed by atoms with van der Waals surface area (Å²) in [5, 5.41) is 3.37. The fourth-order valence-electron chi connectivity index (χ4n) is 2.85. The maximum atomic E-state index is 12.3. The molecule has 1 N–H and O–H groups in total. The van der Waals surface area contributed by atoms with Gasteiger partial charge in [-0.05, 0) is 38.6 Å². The molecule has 2 aliphatic rings. The molecule has 0 spiro atoms. The number of hydrogen-bond donors (Lipinski definition) is 1. The average molecular weight is 254 g/mol. The van der Waals surface area contributed by atoms with E-state index in [9.17, 15) is 4.79 Å². The lowest BCUT2D eigenvalue weighted by Gasteiger charge is -2.29. The van der Waals surface area contributed by atoms with Crippen molar-refractivity contribution in [2.24, 2.45) is 0 Å². The maximum absolute atomic E-state index is 12.3. The molecule has 2 aliphatic heterocycles. The second kappa shape index (κ2) is 7.10. The number of carbonyl (C=O) groups excluding carboxylic acids is 1. The van der Waals surface area contributed by atoms with Crippen LogP contribution in [0.2, 0.25) is 0 Å². The quantitative estimate of drug-likeness (QED) is 0.831. The Hall–Kier alpha value is -0.610. The molecular formula is C14H26N2O2. The molecule has 2 rings (SSSR count). The Morgan fingerprint density at radius 3 is 2.83 bits per heavy atom. The number of rotatable bonds is 3. The number of amides is 1. The van der Waals surface area contributed by atoms with Gasteiger partial charge < -0.3 is 15.0 Å². The molecule has 1 amide bonds. The first-order valence-electron chi connectivity index (χ1n) is 7.37. The van der Waals surface area contributed by atoms with Crippen LogP contribution in [-0.4, -0.2) is 49.7 Å². The van der Waals surface area contributed by atoms with Gasteiger partial charge in [0.25, 0.3) is 0 Å². The van der Waals surface area contributed by atoms with Crippen molar-refractivity contribution in [2.75, 3.05) is 26.7 Å². The molecule has 0 bridgehead atoms. The van der Waals surface area contributed by atoms with E-state index in [-0.39, 0.29) is 18.1 Å². The van der Waals surface area contributed by atoms with E-state index < -0.39 is 0 Å². The highest BCUT2D eigenvalue weighted by Gasteiger charge is 2.25. The second-order valence-corrected chi connectivity index (χ2v) is 5.56. The average Bonchev–Trinajstić information content (AvgIpc) is 2.68. The van der Waals surface area contributed by atoms with Crippen LogP contribution in [0.3, 0.4) is 0 Å². The predicted molar refractivity (Wildman–Crippen MR) is 71.5 cm³/mol. The minimum absolute atomic E-state index is 0.0288. The van der Waals surface area contributed by atoms with E-state index in [1.54, 1.807) is 0 Å². The lowest BCUT2D eigenvalue weighted by Crippen LogP contribution is -2.47. The third kappa shape index (κ3) is 3.95. The van der Waals surface area contributed by atoms with Crippen LogP contribution >= 0.6 is 0 Å². The fourth-order valence-corrected chi connectivity index (χ4v) is 2.85. The van der Waals surface area contributed by atoms with E-state index >= 15 is 0 Å². The van der Waals surface area contributed by atoms with Gasteiger partial charge in [0.15, 0.2) is 0 Å². The first-order chi connectivity index (χ1) is 8.77. The zero-order valence-corrected chi connectivity index (χ0v) is 11.5. The van der Waals surface area contributed by atoms with Gasteiger partial charge in [-0.25, -0.2) is 0 Å². The molecule has 0 aliphatic carbocycles. The van der Waals surface area contributed by atoms with Crippen molar-refractivity contribution in [3.63, 3.8) is 0 Å². The fraction of sp³-hybridized carbons (Fsp3) is 0.929. The molecule has 0 aromatic carbocycles. The normalized spacial score (nSPS) is 29.6. The zero-order chi connectivity index (χ0) is 12.8. The highest BCUT2D eigenvalue weighted by molar-refractivity contribution is 5.81. The molecule has 0 radical (unpaired) electrons. The third-order valence-electron chi connectivity index (χ3n) is 3.99. The molecule has 2 heterocycles. The standard InChI is InChI=1S/C14H26N2O2/c1-16(11-12-7-4-6-10-18-12)14(17)13-8-3-2-5-9-15-13/h12-13,15H,2-11H2,1H3. The van der Waals surface area contributed by atoms with Crippen LogP contribution in [0.5, 0.6) is 0 Å². The molecule has 4 nitrogen and oxygen atoms in total. The van der Waals surface area contributed by atoms with Crippen LogP contribution in [0.15, 0.2) is 0 Å². The van der Waals surface area contributed by atoms with E-state index in [0.717, 1.165) is 39.0 Å². The van der Waals surface area contributed by atoms with E-state index in [4.69, 9.17) is 4.74 Å². The SMILES string of the molecule is CN(CC1CCCCO1)C(=O)C1CCCCCN1. The number of carbonyl (C=O) groups is 1. The minimum Gasteiger partial charge on any atom is -0.376 e. The second-order valence-electron chi connectivity index (χ2n) is 5.56. The molecule has 0 saturated carbocycles. The molecule has 0 aromatic heterocycles. The Bertz CT molecular complexity index is 257. The zero-order valence-electron chi connectivity index (χ0n) is 11.5. The van der Waals surface area contributed by atoms with Gasteiger partial charge in [0.05, 0.1) is 12.1 Å². The van der Waals surface area contributed by atoms with E-state index in [2.05, 4.69) is 5.32 Å². The summed E-state index contributed by atoms with van der Waals surface area (Å²) >= 11 is 0. The summed E-state index contributed by atoms with van der Waals surface area (Å²) in [4.78, 5) is 14.2. The molecule has 18 heavy (non-hydrogen) atoms. The predicted octanol–water partition coefficient (Wildman–Crippen LogP) is 1.55. The molecule has 0 aromatic rings. The summed E-state index contributed by atoms with van der Waals surface area (Å²) < 4.78 is 5.70. The van der Waals surface area contributed by atoms with Gasteiger partial charge in [0.2, 0.25) is 5.91 Å². The largest absolute Gasteiger partial charge is 0.376 e. The summed E-state index contributed by atoms with van der Waals surface area (Å²) in [6.07, 6.45) is 8.32. The lowest BCUT2D eigenvalue weighted by molar-refractivity contribution is -0.134. The van der Waals surface area contributed by atoms with Crippen molar-refractivity contribution >= 4 is 5.91 Å². The summed E-state index contributed by atoms with van der Waals surface area (Å²) in [6.45, 7) is 2.58. The summed E-state index contributed by atoms with van der Waals surface area (Å²) in [7, 11) is 1.91. The number of hydrogen-bond acceptors (Lipinski definition) is 3. The van der Waals surface area contributed by atoms with Gasteiger partial charge in [0, 0.05) is 20.2 Å². The first kappa shape index (κ1) is 13.8. The molecule has 2 saturated heterocycles. The van der Waals surface area contributed by atoms with Crippen molar-refractivity contribution < 1.29 is 9.53 Å². The molecule has 4 heteroatoms. The number of nitrogens with one attached hydrogen (secondary N) is 1. The van der Waals surface area contributed by atoms with Crippen LogP contribution < -0.4 is 5.32 Å². The number of nitrogens with zero attached hydrogens (tertiary/aromatic N) is 1. The third-order valence-corrected chi connectivity index (χ3v) is 3.99. The van der Waals surface area contributed by atoms with Crippen LogP contribution in [0.1, 0.15) is 44.9 Å². The Labute approximate surface area is 110 Å². The van der Waals surface area contributed by atoms with Crippen LogP contribution in [0.25, 0.3) is 0 Å². The van der Waals surface area contributed by atoms with Gasteiger partial charge in [-0.15, -0.1) is 0 Å². The van der Waals surface area contributed by atoms with E-state index in [1.807, 2.05) is 11.9 Å². The van der Waals surface area contributed by atoms with E-state index in [1.165, 1.54) is 25.7 Å². The number of ether oxygens (including phenoxy) is 1. The minimum atomic E-state index is 0.0288. The van der Waals surface area contributed by atoms with Crippen molar-refractivity contribution in [3.8, 4) is 0 Å². The molecule has 104 valence electrons. The smallest absolute Gasteiger partial charge is 0.239 e. The first-order valence-corrected chi connectivity index (χ1v) is 7.37. The molecule has 2 atom stereocenters. The van der Waals surface area contributed by atoms with Gasteiger partial charge in [-0.2, -0.15) is 0 Å². The highest BCUT2D eigenvalue weighted by atomic mass is 16.5. The lowest BCUT2D eigenvalue weighted by atomic mass is 10.1. The Kier molecular flexibility index (Phi) is 5.45. The topological polar surface area (TPSA) is 41.6 Å². The van der Waals surface area contributed by atoms with Gasteiger partial charge in [-0.3, -0.25) is 4.79 Å². The highest BCUT2D eigenvalue weighted by Crippen LogP contribution is 2.15. The Balaban J connectivity index is 1.79. The van der Waals surface area contributed by atoms with Gasteiger partial charge >= 0.3 is 0 Å². The van der Waals surface area contributed by atoms with Gasteiger partial charge in [0.1, 0.15) is 0 Å². The van der Waals surface area contributed by atoms with Crippen molar-refractivity contribution in [1.29, 1.82) is 0 Å². The van der Waals surface area contributed by atoms with Crippen LogP contribution in [-0.2, 0) is 9.53 Å². The molecule has 2 unspecified atom stereocenters. The molecule has 2 fully saturated rings. The summed E-state index contributed by atoms with van der Waals surface area (Å²) in [5.74, 6) is 0.242. The Morgan fingerprint density at radius 1 is 1.22 bits per heavy atom. The van der Waals surface area contributed by atoms with Gasteiger partial charge in [-0.1, -0.05) is 12.8 Å². The van der Waals surface area contributed by atoms with Crippen LogP contribution in [0, 0.1) is 0 Å². The number of likely N-dealkylation sites (N-methyl/N-ethyl adjacent to an activating group) is 1. The monoisotopic (exact) mass is 254 g/mol. The van der Waals surface area contributed by atoms with E-state index in [0.29, 0.717) is 0 Å². The summed E-state index contributed by atoms with van der Waals surface area (Å²) in [5.41, 5.74) is 0. The molecular weight excluding hydrogens is 228 g/mol. The van der Waals surface area contributed by atoms with Crippen molar-refractivity contribution in [1.82, 2.24) is 10.2 Å². The Morgan fingerprint density at radius 2 is 2.06 bits per heavy atom. The van der Waals surface area contributed by atoms with Crippen molar-refractivity contribution in [3.05, 3.63) is 0 Å². The maximum Gasteiger partial charge on any atom is 0.239 e. The van der Waals surface area contributed by atoms with Crippen LogP contribution in [0.4, 0.5) is 0 Å². The van der Waals surface area contributed by atoms with Crippen molar-refractivity contribution in [2.45, 2.75) is 57.1 Å². The summed E-state index contributed by atoms with van der Waals surface area (Å²) in [6, 6.07) is 0.0288.